The summed E-state index contributed by atoms with van der Waals surface area (Å²) in [6, 6.07) is 68.3. The van der Waals surface area contributed by atoms with Crippen molar-refractivity contribution in [3.63, 3.8) is 0 Å². The first-order valence-corrected chi connectivity index (χ1v) is 25.0. The molecule has 0 bridgehead atoms. The minimum absolute atomic E-state index is 0.0909. The van der Waals surface area contributed by atoms with E-state index in [0.717, 1.165) is 82.4 Å². The fourth-order valence-electron chi connectivity index (χ4n) is 11.0. The Kier molecular flexibility index (Phi) is 10.5. The van der Waals surface area contributed by atoms with Crippen LogP contribution in [0.5, 0.6) is 0 Å². The van der Waals surface area contributed by atoms with Crippen LogP contribution in [0.1, 0.15) is 75.3 Å². The second-order valence-corrected chi connectivity index (χ2v) is 19.4. The van der Waals surface area contributed by atoms with Gasteiger partial charge in [-0.15, -0.1) is 11.3 Å². The summed E-state index contributed by atoms with van der Waals surface area (Å²) in [7, 11) is 0. The number of nitrogens with one attached hydrogen (secondary N) is 2. The molecule has 2 aliphatic carbocycles. The molecular weight excluding hydrogens is 861 g/mol. The number of aliphatic imine (C=N–C) groups is 3. The number of fused-ring (bicyclic) bond motifs is 4. The Bertz CT molecular complexity index is 3430. The zero-order valence-electron chi connectivity index (χ0n) is 38.0. The van der Waals surface area contributed by atoms with Gasteiger partial charge in [0.15, 0.2) is 0 Å². The van der Waals surface area contributed by atoms with Crippen LogP contribution < -0.4 is 10.6 Å². The molecule has 0 radical (unpaired) electrons. The molecule has 0 spiro atoms. The number of amidine groups is 2. The van der Waals surface area contributed by atoms with E-state index in [1.807, 2.05) is 0 Å². The fraction of sp³-hybridized carbons (Fsp3) is 0.129. The molecule has 5 heterocycles. The fourth-order valence-corrected chi connectivity index (χ4v) is 12.0. The number of pyridine rings is 1. The molecule has 6 aromatic carbocycles. The summed E-state index contributed by atoms with van der Waals surface area (Å²) in [5.74, 6) is 1.96. The van der Waals surface area contributed by atoms with Crippen LogP contribution in [0.15, 0.2) is 237 Å². The van der Waals surface area contributed by atoms with Crippen molar-refractivity contribution in [2.45, 2.75) is 43.8 Å². The zero-order valence-corrected chi connectivity index (χ0v) is 38.8. The average molecular weight is 909 g/mol. The van der Waals surface area contributed by atoms with E-state index in [9.17, 15) is 0 Å². The summed E-state index contributed by atoms with van der Waals surface area (Å²) >= 11 is 1.80. The van der Waals surface area contributed by atoms with Gasteiger partial charge in [0.2, 0.25) is 0 Å². The molecule has 0 fully saturated rings. The topological polar surface area (TPSA) is 74.0 Å². The molecule has 6 nitrogen and oxygen atoms in total. The predicted molar refractivity (Wildman–Crippen MR) is 283 cm³/mol. The molecule has 4 unspecified atom stereocenters. The smallest absolute Gasteiger partial charge is 0.133 e. The van der Waals surface area contributed by atoms with Crippen LogP contribution in [0.2, 0.25) is 0 Å². The van der Waals surface area contributed by atoms with E-state index in [2.05, 4.69) is 216 Å². The molecule has 0 saturated heterocycles. The minimum atomic E-state index is -0.199. The van der Waals surface area contributed by atoms with E-state index in [1.54, 1.807) is 11.3 Å². The van der Waals surface area contributed by atoms with Gasteiger partial charge in [-0.05, 0) is 99.4 Å². The first-order chi connectivity index (χ1) is 34.2. The number of hydrogen-bond acceptors (Lipinski definition) is 7. The van der Waals surface area contributed by atoms with Gasteiger partial charge in [-0.1, -0.05) is 182 Å². The van der Waals surface area contributed by atoms with Gasteiger partial charge in [-0.25, -0.2) is 4.98 Å². The highest BCUT2D eigenvalue weighted by atomic mass is 32.1. The second-order valence-electron chi connectivity index (χ2n) is 18.4. The van der Waals surface area contributed by atoms with Gasteiger partial charge < -0.3 is 10.6 Å². The number of hydrogen-bond donors (Lipinski definition) is 2. The van der Waals surface area contributed by atoms with Crippen molar-refractivity contribution in [2.24, 2.45) is 20.9 Å². The van der Waals surface area contributed by atoms with Crippen LogP contribution in [0, 0.1) is 5.92 Å². The number of thiophene rings is 1. The second kappa shape index (κ2) is 17.6. The summed E-state index contributed by atoms with van der Waals surface area (Å²) in [5, 5.41) is 10.2. The molecule has 69 heavy (non-hydrogen) atoms. The minimum Gasteiger partial charge on any atom is -0.342 e. The third-order valence-electron chi connectivity index (χ3n) is 14.4. The molecule has 332 valence electrons. The number of rotatable bonds is 8. The van der Waals surface area contributed by atoms with Crippen LogP contribution in [0.4, 0.5) is 0 Å². The van der Waals surface area contributed by atoms with Gasteiger partial charge in [0.05, 0.1) is 28.8 Å². The van der Waals surface area contributed by atoms with Gasteiger partial charge in [0.25, 0.3) is 0 Å². The zero-order chi connectivity index (χ0) is 45.7. The van der Waals surface area contributed by atoms with E-state index in [1.165, 1.54) is 55.1 Å². The van der Waals surface area contributed by atoms with Crippen molar-refractivity contribution in [1.29, 1.82) is 0 Å². The molecule has 3 aliphatic heterocycles. The highest BCUT2D eigenvalue weighted by Crippen LogP contribution is 2.50. The highest BCUT2D eigenvalue weighted by molar-refractivity contribution is 7.10. The number of aromatic nitrogens is 1. The normalized spacial score (nSPS) is 20.4. The van der Waals surface area contributed by atoms with Crippen molar-refractivity contribution < 1.29 is 0 Å². The molecular formula is C62H48N6S. The Hall–Kier alpha value is -8.00. The Labute approximate surface area is 407 Å². The van der Waals surface area contributed by atoms with Crippen LogP contribution in [-0.2, 0) is 6.42 Å². The van der Waals surface area contributed by atoms with Crippen molar-refractivity contribution in [1.82, 2.24) is 15.6 Å². The summed E-state index contributed by atoms with van der Waals surface area (Å²) in [6.45, 7) is 0. The Morgan fingerprint density at radius 3 is 1.71 bits per heavy atom. The molecule has 7 heteroatoms. The molecule has 13 rings (SSSR count). The van der Waals surface area contributed by atoms with Gasteiger partial charge >= 0.3 is 0 Å². The van der Waals surface area contributed by atoms with E-state index < -0.39 is 0 Å². The van der Waals surface area contributed by atoms with E-state index >= 15 is 0 Å². The van der Waals surface area contributed by atoms with Crippen molar-refractivity contribution >= 4 is 40.0 Å². The molecule has 8 aromatic rings. The van der Waals surface area contributed by atoms with Crippen molar-refractivity contribution in [2.75, 3.05) is 0 Å². The van der Waals surface area contributed by atoms with Gasteiger partial charge in [0.1, 0.15) is 23.8 Å². The van der Waals surface area contributed by atoms with Crippen molar-refractivity contribution in [3.8, 4) is 22.4 Å². The molecule has 2 N–H and O–H groups in total. The number of dihydropyridines is 1. The largest absolute Gasteiger partial charge is 0.342 e. The lowest BCUT2D eigenvalue weighted by Crippen LogP contribution is -2.43. The molecule has 0 saturated carbocycles. The first kappa shape index (κ1) is 41.2. The summed E-state index contributed by atoms with van der Waals surface area (Å²) in [5.41, 5.74) is 19.7. The van der Waals surface area contributed by atoms with Crippen LogP contribution >= 0.6 is 11.3 Å². The third kappa shape index (κ3) is 7.60. The quantitative estimate of drug-likeness (QED) is 0.159. The maximum absolute atomic E-state index is 5.65. The molecule has 5 aliphatic rings. The molecule has 0 amide bonds. The van der Waals surface area contributed by atoms with E-state index in [-0.39, 0.29) is 24.0 Å². The van der Waals surface area contributed by atoms with Crippen LogP contribution in [0.3, 0.4) is 0 Å². The lowest BCUT2D eigenvalue weighted by atomic mass is 9.72. The lowest BCUT2D eigenvalue weighted by molar-refractivity contribution is 0.459. The number of nitrogens with zero attached hydrogens (tertiary/aromatic N) is 4. The lowest BCUT2D eigenvalue weighted by Gasteiger charge is -2.41. The summed E-state index contributed by atoms with van der Waals surface area (Å²) < 4.78 is 0. The van der Waals surface area contributed by atoms with Gasteiger partial charge in [-0.3, -0.25) is 15.0 Å². The van der Waals surface area contributed by atoms with Gasteiger partial charge in [-0.2, -0.15) is 0 Å². The Morgan fingerprint density at radius 1 is 0.493 bits per heavy atom. The molecule has 2 aromatic heterocycles. The molecule has 4 atom stereocenters. The summed E-state index contributed by atoms with van der Waals surface area (Å²) in [6.07, 6.45) is 5.98. The SMILES string of the molecule is C1=C(c2ccccc2)C2CCC3=C(NC(c4ccccc4)=NC3c3cc(C4N=C(c5ccccc5)NC5=C4CCc4c(-c6ccccc6)cc(-c6ccccc6)nc45)cs3)C2N=C1c1ccccc1. The van der Waals surface area contributed by atoms with Crippen LogP contribution in [-0.4, -0.2) is 28.4 Å². The predicted octanol–water partition coefficient (Wildman–Crippen LogP) is 13.6. The number of allylic oxidation sites excluding steroid dienone is 1. The Balaban J connectivity index is 0.946. The first-order valence-electron chi connectivity index (χ1n) is 24.1. The van der Waals surface area contributed by atoms with E-state index in [4.69, 9.17) is 20.0 Å². The maximum atomic E-state index is 5.65. The standard InChI is InChI=1S/C62H48N6S/c1-7-19-39(20-8-1)50-36-52(41-23-11-3-12-24-41)63-57-46(50)31-33-48-55(65-61(67-59(48)57)43-27-15-5-16-28-43)45-35-54(69-38-45)56-49-34-32-47-51(40-21-9-2-10-22-40)37-53(42-25-13-4-14-26-42)64-58(47)60(49)68-62(66-56)44-29-17-6-18-30-44/h1-30,35-38,47,55-56,58H,31-34H2,(H,65,67)(H,66,68). The van der Waals surface area contributed by atoms with Crippen molar-refractivity contribution in [3.05, 3.63) is 266 Å². The van der Waals surface area contributed by atoms with E-state index in [0.29, 0.717) is 0 Å². The number of benzene rings is 6. The Morgan fingerprint density at radius 2 is 1.06 bits per heavy atom. The monoisotopic (exact) mass is 908 g/mol. The highest BCUT2D eigenvalue weighted by Gasteiger charge is 2.42. The average Bonchev–Trinajstić information content (AvgIpc) is 3.93. The third-order valence-corrected chi connectivity index (χ3v) is 15.4. The van der Waals surface area contributed by atoms with Crippen LogP contribution in [0.25, 0.3) is 33.7 Å². The summed E-state index contributed by atoms with van der Waals surface area (Å²) in [4.78, 5) is 23.7. The maximum Gasteiger partial charge on any atom is 0.133 e. The van der Waals surface area contributed by atoms with Gasteiger partial charge in [0, 0.05) is 33.2 Å².